The van der Waals surface area contributed by atoms with Gasteiger partial charge in [-0.2, -0.15) is 0 Å². The Morgan fingerprint density at radius 3 is 2.60 bits per heavy atom. The molecule has 3 aromatic carbocycles. The molecule has 0 aliphatic rings. The van der Waals surface area contributed by atoms with Crippen molar-refractivity contribution < 1.29 is 14.0 Å². The minimum absolute atomic E-state index is 0.0112. The maximum absolute atomic E-state index is 14.0. The van der Waals surface area contributed by atoms with Crippen LogP contribution in [0.2, 0.25) is 5.02 Å². The molecule has 4 rings (SSSR count). The number of aromatic nitrogens is 3. The van der Waals surface area contributed by atoms with Crippen LogP contribution in [0.25, 0.3) is 5.69 Å². The lowest BCUT2D eigenvalue weighted by atomic mass is 10.2. The largest absolute Gasteiger partial charge is 0.345 e. The van der Waals surface area contributed by atoms with Crippen molar-refractivity contribution in [3.8, 4) is 5.69 Å². The van der Waals surface area contributed by atoms with E-state index in [0.29, 0.717) is 27.4 Å². The number of carbonyl (C=O) groups excluding carboxylic acids is 2. The topological polar surface area (TPSA) is 88.9 Å². The Labute approximate surface area is 210 Å². The van der Waals surface area contributed by atoms with Crippen molar-refractivity contribution in [1.29, 1.82) is 0 Å². The van der Waals surface area contributed by atoms with Crippen LogP contribution in [0, 0.1) is 12.7 Å². The molecule has 0 unspecified atom stereocenters. The molecule has 1 aromatic heterocycles. The molecule has 0 fully saturated rings. The van der Waals surface area contributed by atoms with E-state index in [2.05, 4.69) is 20.8 Å². The summed E-state index contributed by atoms with van der Waals surface area (Å²) in [5, 5.41) is 14.9. The summed E-state index contributed by atoms with van der Waals surface area (Å²) < 4.78 is 15.7. The van der Waals surface area contributed by atoms with E-state index >= 15 is 0 Å². The van der Waals surface area contributed by atoms with Crippen LogP contribution in [0.4, 0.5) is 10.1 Å². The van der Waals surface area contributed by atoms with Gasteiger partial charge < -0.3 is 10.6 Å². The number of rotatable bonds is 8. The van der Waals surface area contributed by atoms with E-state index in [9.17, 15) is 14.0 Å². The van der Waals surface area contributed by atoms with Crippen LogP contribution < -0.4 is 10.6 Å². The van der Waals surface area contributed by atoms with Crippen LogP contribution in [0.5, 0.6) is 0 Å². The Kier molecular flexibility index (Phi) is 7.79. The molecule has 0 aliphatic carbocycles. The van der Waals surface area contributed by atoms with Crippen LogP contribution in [0.3, 0.4) is 0 Å². The average molecular weight is 510 g/mol. The van der Waals surface area contributed by atoms with Crippen LogP contribution >= 0.6 is 23.4 Å². The molecule has 0 atom stereocenters. The molecule has 0 spiro atoms. The summed E-state index contributed by atoms with van der Waals surface area (Å²) in [6.45, 7) is 1.94. The zero-order chi connectivity index (χ0) is 24.8. The summed E-state index contributed by atoms with van der Waals surface area (Å²) in [5.74, 6) is -0.893. The number of amides is 2. The molecule has 0 saturated carbocycles. The summed E-state index contributed by atoms with van der Waals surface area (Å²) in [6, 6.07) is 20.3. The highest BCUT2D eigenvalue weighted by molar-refractivity contribution is 7.99. The van der Waals surface area contributed by atoms with Crippen LogP contribution in [0.1, 0.15) is 21.7 Å². The number of aryl methyl sites for hydroxylation is 1. The minimum Gasteiger partial charge on any atom is -0.345 e. The van der Waals surface area contributed by atoms with Crippen LogP contribution in [-0.4, -0.2) is 32.3 Å². The number of nitrogens with one attached hydrogen (secondary N) is 2. The number of carbonyl (C=O) groups is 2. The normalized spacial score (nSPS) is 10.7. The number of hydrogen-bond acceptors (Lipinski definition) is 5. The van der Waals surface area contributed by atoms with Crippen molar-refractivity contribution in [2.45, 2.75) is 18.6 Å². The third-order valence-electron chi connectivity index (χ3n) is 4.93. The van der Waals surface area contributed by atoms with Gasteiger partial charge in [-0.3, -0.25) is 14.2 Å². The van der Waals surface area contributed by atoms with Gasteiger partial charge in [-0.1, -0.05) is 53.7 Å². The van der Waals surface area contributed by atoms with Gasteiger partial charge in [0.15, 0.2) is 11.0 Å². The zero-order valence-corrected chi connectivity index (χ0v) is 20.2. The van der Waals surface area contributed by atoms with E-state index in [0.717, 1.165) is 5.56 Å². The highest BCUT2D eigenvalue weighted by Gasteiger charge is 2.18. The first-order chi connectivity index (χ1) is 16.9. The minimum atomic E-state index is -0.614. The molecular weight excluding hydrogens is 489 g/mol. The van der Waals surface area contributed by atoms with E-state index in [1.165, 1.54) is 30.0 Å². The van der Waals surface area contributed by atoms with Gasteiger partial charge in [-0.05, 0) is 55.0 Å². The van der Waals surface area contributed by atoms with Crippen molar-refractivity contribution in [3.63, 3.8) is 0 Å². The Morgan fingerprint density at radius 2 is 1.83 bits per heavy atom. The number of thioether (sulfide) groups is 1. The average Bonchev–Trinajstić information content (AvgIpc) is 3.24. The molecule has 0 aliphatic heterocycles. The maximum Gasteiger partial charge on any atom is 0.254 e. The molecule has 4 aromatic rings. The van der Waals surface area contributed by atoms with Gasteiger partial charge in [0, 0.05) is 10.7 Å². The van der Waals surface area contributed by atoms with E-state index in [4.69, 9.17) is 11.6 Å². The molecule has 0 saturated heterocycles. The van der Waals surface area contributed by atoms with E-state index in [-0.39, 0.29) is 23.8 Å². The van der Waals surface area contributed by atoms with Gasteiger partial charge in [-0.15, -0.1) is 10.2 Å². The van der Waals surface area contributed by atoms with E-state index in [1.807, 2.05) is 37.3 Å². The lowest BCUT2D eigenvalue weighted by molar-refractivity contribution is -0.113. The Morgan fingerprint density at radius 1 is 1.03 bits per heavy atom. The fraction of sp³-hybridized carbons (Fsp3) is 0.120. The summed E-state index contributed by atoms with van der Waals surface area (Å²) in [6.07, 6.45) is 0. The predicted octanol–water partition coefficient (Wildman–Crippen LogP) is 5.03. The second-order valence-corrected chi connectivity index (χ2v) is 8.96. The Bertz CT molecular complexity index is 1380. The fourth-order valence-electron chi connectivity index (χ4n) is 3.33. The third-order valence-corrected chi connectivity index (χ3v) is 6.09. The summed E-state index contributed by atoms with van der Waals surface area (Å²) in [5.41, 5.74) is 2.35. The number of anilines is 1. The molecule has 2 N–H and O–H groups in total. The quantitative estimate of drug-likeness (QED) is 0.325. The molecule has 7 nitrogen and oxygen atoms in total. The highest BCUT2D eigenvalue weighted by atomic mass is 35.5. The summed E-state index contributed by atoms with van der Waals surface area (Å²) in [7, 11) is 0. The number of halogens is 2. The van der Waals surface area contributed by atoms with Gasteiger partial charge in [0.1, 0.15) is 5.82 Å². The van der Waals surface area contributed by atoms with Crippen LogP contribution in [0.15, 0.2) is 78.0 Å². The molecule has 178 valence electrons. The molecule has 0 radical (unpaired) electrons. The van der Waals surface area contributed by atoms with Crippen molar-refractivity contribution in [1.82, 2.24) is 20.1 Å². The molecule has 0 bridgehead atoms. The molecular formula is C25H21ClFN5O2S. The number of benzene rings is 3. The SMILES string of the molecule is Cc1cccc(NC(=O)CSc2nnc(CNC(=O)c3ccccc3F)n2-c2cccc(Cl)c2)c1. The standard InChI is InChI=1S/C25H21ClFN5O2S/c1-16-6-4-8-18(12-16)29-23(33)15-35-25-31-30-22(32(25)19-9-5-7-17(26)13-19)14-28-24(34)20-10-2-3-11-21(20)27/h2-13H,14-15H2,1H3,(H,28,34)(H,29,33). The maximum atomic E-state index is 14.0. The molecule has 1 heterocycles. The second-order valence-electron chi connectivity index (χ2n) is 7.58. The monoisotopic (exact) mass is 509 g/mol. The first kappa shape index (κ1) is 24.4. The smallest absolute Gasteiger partial charge is 0.254 e. The predicted molar refractivity (Wildman–Crippen MR) is 134 cm³/mol. The summed E-state index contributed by atoms with van der Waals surface area (Å²) >= 11 is 7.38. The van der Waals surface area contributed by atoms with Crippen molar-refractivity contribution in [2.24, 2.45) is 0 Å². The first-order valence-electron chi connectivity index (χ1n) is 10.6. The first-order valence-corrected chi connectivity index (χ1v) is 12.0. The Hall–Kier alpha value is -3.69. The zero-order valence-electron chi connectivity index (χ0n) is 18.7. The van der Waals surface area contributed by atoms with Crippen molar-refractivity contribution in [2.75, 3.05) is 11.1 Å². The molecule has 2 amide bonds. The van der Waals surface area contributed by atoms with Gasteiger partial charge in [0.05, 0.1) is 23.5 Å². The molecule has 10 heteroatoms. The van der Waals surface area contributed by atoms with Gasteiger partial charge >= 0.3 is 0 Å². The van der Waals surface area contributed by atoms with Gasteiger partial charge in [0.25, 0.3) is 5.91 Å². The van der Waals surface area contributed by atoms with Crippen molar-refractivity contribution in [3.05, 3.63) is 101 Å². The number of nitrogens with zero attached hydrogens (tertiary/aromatic N) is 3. The van der Waals surface area contributed by atoms with E-state index < -0.39 is 11.7 Å². The van der Waals surface area contributed by atoms with E-state index in [1.54, 1.807) is 28.8 Å². The van der Waals surface area contributed by atoms with Crippen molar-refractivity contribution >= 4 is 40.9 Å². The lowest BCUT2D eigenvalue weighted by Gasteiger charge is -2.12. The highest BCUT2D eigenvalue weighted by Crippen LogP contribution is 2.24. The fourth-order valence-corrected chi connectivity index (χ4v) is 4.29. The Balaban J connectivity index is 1.52. The van der Waals surface area contributed by atoms with Crippen LogP contribution in [-0.2, 0) is 11.3 Å². The lowest BCUT2D eigenvalue weighted by Crippen LogP contribution is -2.25. The molecule has 35 heavy (non-hydrogen) atoms. The van der Waals surface area contributed by atoms with Gasteiger partial charge in [0.2, 0.25) is 5.91 Å². The number of hydrogen-bond donors (Lipinski definition) is 2. The summed E-state index contributed by atoms with van der Waals surface area (Å²) in [4.78, 5) is 25.0. The second kappa shape index (κ2) is 11.2. The van der Waals surface area contributed by atoms with Gasteiger partial charge in [-0.25, -0.2) is 4.39 Å². The third kappa shape index (κ3) is 6.26.